The van der Waals surface area contributed by atoms with Crippen molar-refractivity contribution in [3.63, 3.8) is 0 Å². The van der Waals surface area contributed by atoms with E-state index in [1.54, 1.807) is 0 Å². The van der Waals surface area contributed by atoms with Gasteiger partial charge in [0.1, 0.15) is 0 Å². The van der Waals surface area contributed by atoms with Crippen LogP contribution in [-0.2, 0) is 4.79 Å². The van der Waals surface area contributed by atoms with Crippen LogP contribution in [0.15, 0.2) is 5.28 Å². The van der Waals surface area contributed by atoms with Crippen LogP contribution in [-0.4, -0.2) is 28.6 Å². The van der Waals surface area contributed by atoms with Gasteiger partial charge >= 0.3 is 0 Å². The van der Waals surface area contributed by atoms with Crippen molar-refractivity contribution in [2.75, 3.05) is 6.54 Å². The highest BCUT2D eigenvalue weighted by atomic mass is 16.6. The molecule has 0 bridgehead atoms. The van der Waals surface area contributed by atoms with Gasteiger partial charge in [-0.15, -0.1) is 0 Å². The second-order valence-corrected chi connectivity index (χ2v) is 5.17. The Labute approximate surface area is 115 Å². The zero-order chi connectivity index (χ0) is 14.7. The van der Waals surface area contributed by atoms with E-state index in [0.29, 0.717) is 6.42 Å². The van der Waals surface area contributed by atoms with Gasteiger partial charge in [-0.25, -0.2) is 0 Å². The van der Waals surface area contributed by atoms with E-state index in [4.69, 9.17) is 5.21 Å². The van der Waals surface area contributed by atoms with Crippen LogP contribution in [0, 0.1) is 11.1 Å². The van der Waals surface area contributed by atoms with Crippen molar-refractivity contribution < 1.29 is 14.9 Å². The third kappa shape index (κ3) is 8.40. The summed E-state index contributed by atoms with van der Waals surface area (Å²) in [7, 11) is 0. The van der Waals surface area contributed by atoms with E-state index in [-0.39, 0.29) is 23.2 Å². The summed E-state index contributed by atoms with van der Waals surface area (Å²) in [6.07, 6.45) is 5.99. The molecule has 112 valence electrons. The molecule has 1 unspecified atom stereocenters. The first-order valence-corrected chi connectivity index (χ1v) is 7.11. The summed E-state index contributed by atoms with van der Waals surface area (Å²) in [6.45, 7) is 6.05. The van der Waals surface area contributed by atoms with Crippen LogP contribution in [0.1, 0.15) is 59.3 Å². The van der Waals surface area contributed by atoms with Gasteiger partial charge < -0.3 is 15.7 Å². The summed E-state index contributed by atoms with van der Waals surface area (Å²) in [6, 6.07) is -0.533. The van der Waals surface area contributed by atoms with E-state index in [2.05, 4.69) is 17.5 Å². The van der Waals surface area contributed by atoms with Crippen LogP contribution in [0.2, 0.25) is 0 Å². The first-order chi connectivity index (χ1) is 9.02. The number of nitrogens with one attached hydrogen (secondary N) is 1. The zero-order valence-corrected chi connectivity index (χ0v) is 12.3. The molecule has 0 heterocycles. The number of hydrogen-bond donors (Lipinski definition) is 2. The van der Waals surface area contributed by atoms with Gasteiger partial charge in [0, 0.05) is 12.3 Å². The van der Waals surface area contributed by atoms with Crippen LogP contribution >= 0.6 is 0 Å². The highest BCUT2D eigenvalue weighted by Crippen LogP contribution is 2.07. The second kappa shape index (κ2) is 10.6. The summed E-state index contributed by atoms with van der Waals surface area (Å²) >= 11 is 0. The number of carbonyl (C=O) groups excluding carboxylic acids is 1. The van der Waals surface area contributed by atoms with Gasteiger partial charge in [-0.3, -0.25) is 4.79 Å². The largest absolute Gasteiger partial charge is 0.597 e. The molecule has 0 spiro atoms. The maximum Gasteiger partial charge on any atom is 0.220 e. The van der Waals surface area contributed by atoms with Gasteiger partial charge in [0.15, 0.2) is 5.28 Å². The van der Waals surface area contributed by atoms with Crippen LogP contribution in [0.25, 0.3) is 0 Å². The van der Waals surface area contributed by atoms with Crippen molar-refractivity contribution in [2.24, 2.45) is 11.2 Å². The lowest BCUT2D eigenvalue weighted by atomic mass is 10.1. The molecule has 0 fully saturated rings. The molecule has 0 aliphatic heterocycles. The summed E-state index contributed by atoms with van der Waals surface area (Å²) < 4.78 is 0. The first kappa shape index (κ1) is 17.7. The maximum absolute atomic E-state index is 11.6. The monoisotopic (exact) mass is 273 g/mol. The van der Waals surface area contributed by atoms with Crippen molar-refractivity contribution in [1.29, 1.82) is 0 Å². The van der Waals surface area contributed by atoms with Crippen molar-refractivity contribution in [3.8, 4) is 0 Å². The molecule has 0 rings (SSSR count). The Morgan fingerprint density at radius 1 is 1.32 bits per heavy atom. The van der Waals surface area contributed by atoms with E-state index in [0.717, 1.165) is 19.3 Å². The molecule has 0 saturated carbocycles. The molecule has 0 aromatic rings. The van der Waals surface area contributed by atoms with Crippen molar-refractivity contribution in [3.05, 3.63) is 5.21 Å². The van der Waals surface area contributed by atoms with E-state index >= 15 is 0 Å². The minimum absolute atomic E-state index is 0.00162. The van der Waals surface area contributed by atoms with Crippen LogP contribution in [0.4, 0.5) is 0 Å². The molecule has 0 aliphatic rings. The molecule has 0 aromatic heterocycles. The molecule has 6 nitrogen and oxygen atoms in total. The zero-order valence-electron chi connectivity index (χ0n) is 12.3. The lowest BCUT2D eigenvalue weighted by molar-refractivity contribution is -0.596. The summed E-state index contributed by atoms with van der Waals surface area (Å²) in [5.74, 6) is -0.0493. The molecule has 0 saturated heterocycles. The minimum Gasteiger partial charge on any atom is -0.597 e. The lowest BCUT2D eigenvalue weighted by Gasteiger charge is -2.16. The smallest absolute Gasteiger partial charge is 0.220 e. The fraction of sp³-hybridized carbons (Fsp3) is 0.923. The number of hydroxylamine groups is 1. The molecule has 1 atom stereocenters. The second-order valence-electron chi connectivity index (χ2n) is 5.17. The fourth-order valence-corrected chi connectivity index (χ4v) is 1.83. The van der Waals surface area contributed by atoms with E-state index in [1.807, 2.05) is 13.8 Å². The minimum atomic E-state index is -0.533. The number of amides is 1. The number of hydrogen-bond acceptors (Lipinski definition) is 3. The molecule has 0 radical (unpaired) electrons. The third-order valence-corrected chi connectivity index (χ3v) is 3.16. The predicted octanol–water partition coefficient (Wildman–Crippen LogP) is 2.84. The van der Waals surface area contributed by atoms with Crippen molar-refractivity contribution in [2.45, 2.75) is 65.3 Å². The molecule has 1 amide bonds. The Morgan fingerprint density at radius 2 is 1.95 bits per heavy atom. The fourth-order valence-electron chi connectivity index (χ4n) is 1.83. The molecule has 19 heavy (non-hydrogen) atoms. The number of unbranched alkanes of at least 4 members (excludes halogenated alkanes) is 4. The standard InChI is InChI=1S/C13H27N3O3/c1-4-5-6-7-8-9-13(17)14-10-12(11(2)3)16(19)15-18/h11-12,18H,4-10H2,1-3H3,(H,14,17). The van der Waals surface area contributed by atoms with Crippen LogP contribution in [0.5, 0.6) is 0 Å². The summed E-state index contributed by atoms with van der Waals surface area (Å²) in [4.78, 5) is 11.8. The Bertz CT molecular complexity index is 280. The number of nitrogens with zero attached hydrogens (tertiary/aromatic N) is 2. The SMILES string of the molecule is CCCCCCCC(=O)NCC(C(C)C)[N+]([O-])=NO. The van der Waals surface area contributed by atoms with Gasteiger partial charge in [0.05, 0.1) is 6.54 Å². The van der Waals surface area contributed by atoms with Gasteiger partial charge in [-0.05, 0) is 6.42 Å². The normalized spacial score (nSPS) is 13.6. The Balaban J connectivity index is 3.87. The molecular formula is C13H27N3O3. The lowest BCUT2D eigenvalue weighted by Crippen LogP contribution is -2.39. The van der Waals surface area contributed by atoms with Crippen molar-refractivity contribution >= 4 is 5.91 Å². The predicted molar refractivity (Wildman–Crippen MR) is 72.9 cm³/mol. The Hall–Kier alpha value is -1.33. The van der Waals surface area contributed by atoms with E-state index in [1.165, 1.54) is 12.8 Å². The van der Waals surface area contributed by atoms with Gasteiger partial charge in [0.25, 0.3) is 0 Å². The topological polar surface area (TPSA) is 87.8 Å². The van der Waals surface area contributed by atoms with E-state index in [9.17, 15) is 10.0 Å². The molecule has 6 heteroatoms. The third-order valence-electron chi connectivity index (χ3n) is 3.16. The highest BCUT2D eigenvalue weighted by molar-refractivity contribution is 5.75. The average Bonchev–Trinajstić information content (AvgIpc) is 2.37. The van der Waals surface area contributed by atoms with Crippen LogP contribution < -0.4 is 5.32 Å². The van der Waals surface area contributed by atoms with Crippen molar-refractivity contribution in [1.82, 2.24) is 5.32 Å². The van der Waals surface area contributed by atoms with E-state index < -0.39 is 6.04 Å². The number of carbonyl (C=O) groups is 1. The van der Waals surface area contributed by atoms with Gasteiger partial charge in [-0.2, -0.15) is 0 Å². The number of rotatable bonds is 10. The molecule has 2 N–H and O–H groups in total. The highest BCUT2D eigenvalue weighted by Gasteiger charge is 2.23. The molecule has 0 aliphatic carbocycles. The summed E-state index contributed by atoms with van der Waals surface area (Å²) in [5.41, 5.74) is 0. The Kier molecular flexibility index (Phi) is 9.84. The van der Waals surface area contributed by atoms with Gasteiger partial charge in [-0.1, -0.05) is 51.3 Å². The maximum atomic E-state index is 11.6. The van der Waals surface area contributed by atoms with Crippen LogP contribution in [0.3, 0.4) is 0 Å². The van der Waals surface area contributed by atoms with Gasteiger partial charge in [0.2, 0.25) is 11.9 Å². The Morgan fingerprint density at radius 3 is 2.47 bits per heavy atom. The average molecular weight is 273 g/mol. The first-order valence-electron chi connectivity index (χ1n) is 7.11. The summed E-state index contributed by atoms with van der Waals surface area (Å²) in [5, 5.41) is 25.0. The quantitative estimate of drug-likeness (QED) is 0.278. The molecular weight excluding hydrogens is 246 g/mol. The molecule has 0 aromatic carbocycles.